The molecule has 0 bridgehead atoms. The number of aliphatic hydroxyl groups is 1. The Morgan fingerprint density at radius 3 is 2.75 bits per heavy atom. The smallest absolute Gasteiger partial charge is 0.314 e. The van der Waals surface area contributed by atoms with Gasteiger partial charge in [0.15, 0.2) is 0 Å². The minimum atomic E-state index is -0.513. The number of piperidine rings is 1. The average Bonchev–Trinajstić information content (AvgIpc) is 2.43. The maximum Gasteiger partial charge on any atom is 0.314 e. The van der Waals surface area contributed by atoms with Crippen molar-refractivity contribution in [1.29, 1.82) is 0 Å². The van der Waals surface area contributed by atoms with Crippen LogP contribution in [0.5, 0.6) is 0 Å². The predicted octanol–water partition coefficient (Wildman–Crippen LogP) is 1.57. The van der Waals surface area contributed by atoms with E-state index in [1.165, 1.54) is 19.3 Å². The van der Waals surface area contributed by atoms with Gasteiger partial charge < -0.3 is 15.7 Å². The molecule has 0 spiro atoms. The van der Waals surface area contributed by atoms with E-state index in [4.69, 9.17) is 5.11 Å². The van der Waals surface area contributed by atoms with Crippen LogP contribution in [0.25, 0.3) is 0 Å². The highest BCUT2D eigenvalue weighted by atomic mass is 16.3. The number of urea groups is 1. The summed E-state index contributed by atoms with van der Waals surface area (Å²) in [7, 11) is 0. The van der Waals surface area contributed by atoms with Gasteiger partial charge in [-0.1, -0.05) is 13.3 Å². The molecule has 0 aliphatic carbocycles. The largest absolute Gasteiger partial charge is 0.392 e. The molecule has 0 aromatic heterocycles. The Labute approximate surface area is 123 Å². The molecule has 5 nitrogen and oxygen atoms in total. The molecule has 5 heteroatoms. The van der Waals surface area contributed by atoms with Gasteiger partial charge in [-0.05, 0) is 46.1 Å². The molecular formula is C15H31N3O2. The number of amides is 2. The average molecular weight is 285 g/mol. The summed E-state index contributed by atoms with van der Waals surface area (Å²) < 4.78 is 0. The number of rotatable bonds is 6. The summed E-state index contributed by atoms with van der Waals surface area (Å²) in [5, 5.41) is 14.7. The molecule has 0 radical (unpaired) electrons. The fourth-order valence-corrected chi connectivity index (χ4v) is 2.66. The van der Waals surface area contributed by atoms with Crippen molar-refractivity contribution in [2.45, 2.75) is 58.6 Å². The first-order valence-corrected chi connectivity index (χ1v) is 7.80. The SMILES string of the molecule is CC[C@H]1CCCN(C(C)(C)CNC(=O)NC[C@@H](C)O)C1. The quantitative estimate of drug-likeness (QED) is 0.694. The molecule has 1 aliphatic heterocycles. The second-order valence-electron chi connectivity index (χ2n) is 6.59. The standard InChI is InChI=1S/C15H31N3O2/c1-5-13-7-6-8-18(10-13)15(3,4)11-17-14(20)16-9-12(2)19/h12-13,19H,5-11H2,1-4H3,(H2,16,17,20)/t12-,13+/m1/s1. The maximum atomic E-state index is 11.6. The predicted molar refractivity (Wildman–Crippen MR) is 81.7 cm³/mol. The van der Waals surface area contributed by atoms with Gasteiger partial charge in [0.05, 0.1) is 6.10 Å². The lowest BCUT2D eigenvalue weighted by Gasteiger charge is -2.43. The van der Waals surface area contributed by atoms with Crippen LogP contribution in [0.4, 0.5) is 4.79 Å². The Morgan fingerprint density at radius 1 is 1.45 bits per heavy atom. The number of likely N-dealkylation sites (tertiary alicyclic amines) is 1. The first-order chi connectivity index (χ1) is 9.35. The Balaban J connectivity index is 2.38. The van der Waals surface area contributed by atoms with E-state index < -0.39 is 6.10 Å². The second kappa shape index (κ2) is 7.84. The summed E-state index contributed by atoms with van der Waals surface area (Å²) in [6.45, 7) is 11.4. The van der Waals surface area contributed by atoms with E-state index in [0.717, 1.165) is 19.0 Å². The number of hydrogen-bond donors (Lipinski definition) is 3. The van der Waals surface area contributed by atoms with Crippen molar-refractivity contribution in [3.63, 3.8) is 0 Å². The van der Waals surface area contributed by atoms with Crippen molar-refractivity contribution in [3.05, 3.63) is 0 Å². The van der Waals surface area contributed by atoms with E-state index in [9.17, 15) is 4.79 Å². The molecule has 1 heterocycles. The van der Waals surface area contributed by atoms with E-state index >= 15 is 0 Å². The van der Waals surface area contributed by atoms with Crippen LogP contribution >= 0.6 is 0 Å². The van der Waals surface area contributed by atoms with E-state index in [2.05, 4.69) is 36.3 Å². The first kappa shape index (κ1) is 17.2. The van der Waals surface area contributed by atoms with Crippen LogP contribution in [0.2, 0.25) is 0 Å². The summed E-state index contributed by atoms with van der Waals surface area (Å²) >= 11 is 0. The number of nitrogens with one attached hydrogen (secondary N) is 2. The van der Waals surface area contributed by atoms with Gasteiger partial charge in [-0.3, -0.25) is 4.90 Å². The van der Waals surface area contributed by atoms with E-state index in [-0.39, 0.29) is 18.1 Å². The molecule has 0 aromatic carbocycles. The van der Waals surface area contributed by atoms with Crippen LogP contribution < -0.4 is 10.6 Å². The molecule has 0 unspecified atom stereocenters. The van der Waals surface area contributed by atoms with E-state index in [1.807, 2.05) is 0 Å². The zero-order valence-electron chi connectivity index (χ0n) is 13.4. The molecule has 20 heavy (non-hydrogen) atoms. The Kier molecular flexibility index (Phi) is 6.76. The Bertz CT molecular complexity index is 305. The highest BCUT2D eigenvalue weighted by molar-refractivity contribution is 5.73. The van der Waals surface area contributed by atoms with Gasteiger partial charge in [0.25, 0.3) is 0 Å². The zero-order chi connectivity index (χ0) is 15.2. The van der Waals surface area contributed by atoms with Crippen molar-refractivity contribution < 1.29 is 9.90 Å². The number of aliphatic hydroxyl groups excluding tert-OH is 1. The van der Waals surface area contributed by atoms with Crippen molar-refractivity contribution >= 4 is 6.03 Å². The van der Waals surface area contributed by atoms with Crippen LogP contribution in [0.3, 0.4) is 0 Å². The molecular weight excluding hydrogens is 254 g/mol. The molecule has 0 aromatic rings. The van der Waals surface area contributed by atoms with E-state index in [1.54, 1.807) is 6.92 Å². The van der Waals surface area contributed by atoms with E-state index in [0.29, 0.717) is 6.54 Å². The summed E-state index contributed by atoms with van der Waals surface area (Å²) in [6.07, 6.45) is 3.29. The number of nitrogens with zero attached hydrogens (tertiary/aromatic N) is 1. The normalized spacial score (nSPS) is 22.4. The van der Waals surface area contributed by atoms with Crippen LogP contribution in [-0.4, -0.2) is 53.9 Å². The monoisotopic (exact) mass is 285 g/mol. The Hall–Kier alpha value is -0.810. The fraction of sp³-hybridized carbons (Fsp3) is 0.933. The summed E-state index contributed by atoms with van der Waals surface area (Å²) in [5.74, 6) is 0.784. The Morgan fingerprint density at radius 2 is 2.15 bits per heavy atom. The summed E-state index contributed by atoms with van der Waals surface area (Å²) in [4.78, 5) is 14.1. The molecule has 118 valence electrons. The zero-order valence-corrected chi connectivity index (χ0v) is 13.4. The first-order valence-electron chi connectivity index (χ1n) is 7.80. The van der Waals surface area contributed by atoms with Crippen LogP contribution in [0, 0.1) is 5.92 Å². The summed E-state index contributed by atoms with van der Waals surface area (Å²) in [5.41, 5.74) is -0.0317. The van der Waals surface area contributed by atoms with Gasteiger partial charge in [-0.2, -0.15) is 0 Å². The molecule has 3 N–H and O–H groups in total. The second-order valence-corrected chi connectivity index (χ2v) is 6.59. The third-order valence-corrected chi connectivity index (χ3v) is 4.19. The fourth-order valence-electron chi connectivity index (χ4n) is 2.66. The lowest BCUT2D eigenvalue weighted by molar-refractivity contribution is 0.0664. The van der Waals surface area contributed by atoms with Crippen molar-refractivity contribution in [3.8, 4) is 0 Å². The molecule has 1 saturated heterocycles. The van der Waals surface area contributed by atoms with Gasteiger partial charge in [0.1, 0.15) is 0 Å². The molecule has 1 aliphatic rings. The summed E-state index contributed by atoms with van der Waals surface area (Å²) in [6, 6.07) is -0.206. The number of carbonyl (C=O) groups excluding carboxylic acids is 1. The number of hydrogen-bond acceptors (Lipinski definition) is 3. The molecule has 1 rings (SSSR count). The minimum absolute atomic E-state index is 0.0317. The third-order valence-electron chi connectivity index (χ3n) is 4.19. The number of carbonyl (C=O) groups is 1. The molecule has 2 atom stereocenters. The van der Waals surface area contributed by atoms with Gasteiger partial charge in [-0.15, -0.1) is 0 Å². The van der Waals surface area contributed by atoms with Crippen LogP contribution in [0.1, 0.15) is 47.0 Å². The molecule has 2 amide bonds. The van der Waals surface area contributed by atoms with Crippen molar-refractivity contribution in [2.24, 2.45) is 5.92 Å². The molecule has 0 saturated carbocycles. The van der Waals surface area contributed by atoms with Gasteiger partial charge in [0.2, 0.25) is 0 Å². The van der Waals surface area contributed by atoms with Crippen molar-refractivity contribution in [1.82, 2.24) is 15.5 Å². The lowest BCUT2D eigenvalue weighted by Crippen LogP contribution is -2.56. The van der Waals surface area contributed by atoms with Crippen LogP contribution in [-0.2, 0) is 0 Å². The highest BCUT2D eigenvalue weighted by Gasteiger charge is 2.31. The van der Waals surface area contributed by atoms with Crippen LogP contribution in [0.15, 0.2) is 0 Å². The highest BCUT2D eigenvalue weighted by Crippen LogP contribution is 2.25. The topological polar surface area (TPSA) is 64.6 Å². The van der Waals surface area contributed by atoms with Gasteiger partial charge >= 0.3 is 6.03 Å². The molecule has 1 fully saturated rings. The van der Waals surface area contributed by atoms with Crippen molar-refractivity contribution in [2.75, 3.05) is 26.2 Å². The van der Waals surface area contributed by atoms with Gasteiger partial charge in [-0.25, -0.2) is 4.79 Å². The third kappa shape index (κ3) is 5.67. The maximum absolute atomic E-state index is 11.6. The lowest BCUT2D eigenvalue weighted by atomic mass is 9.91. The van der Waals surface area contributed by atoms with Gasteiger partial charge in [0, 0.05) is 25.2 Å². The minimum Gasteiger partial charge on any atom is -0.392 e.